The predicted octanol–water partition coefficient (Wildman–Crippen LogP) is 2.87. The van der Waals surface area contributed by atoms with Crippen molar-refractivity contribution >= 4 is 16.0 Å². The number of sulfonamides is 1. The molecule has 2 rings (SSSR count). The van der Waals surface area contributed by atoms with Crippen molar-refractivity contribution in [2.45, 2.75) is 18.4 Å². The van der Waals surface area contributed by atoms with Gasteiger partial charge in [-0.25, -0.2) is 13.2 Å². The van der Waals surface area contributed by atoms with Crippen molar-refractivity contribution in [2.75, 3.05) is 7.11 Å². The van der Waals surface area contributed by atoms with Crippen LogP contribution in [0.5, 0.6) is 0 Å². The number of carbonyl (C=O) groups excluding carboxylic acids is 1. The molecule has 0 radical (unpaired) electrons. The summed E-state index contributed by atoms with van der Waals surface area (Å²) in [6, 6.07) is 15.7. The van der Waals surface area contributed by atoms with Gasteiger partial charge in [0.2, 0.25) is 0 Å². The minimum absolute atomic E-state index is 0.116. The monoisotopic (exact) mass is 345 g/mol. The van der Waals surface area contributed by atoms with Crippen LogP contribution >= 0.6 is 0 Å². The summed E-state index contributed by atoms with van der Waals surface area (Å²) in [6.45, 7) is 2.00. The molecule has 24 heavy (non-hydrogen) atoms. The third kappa shape index (κ3) is 4.45. The summed E-state index contributed by atoms with van der Waals surface area (Å²) in [5.74, 6) is -0.618. The van der Waals surface area contributed by atoms with Gasteiger partial charge in [-0.1, -0.05) is 48.0 Å². The van der Waals surface area contributed by atoms with E-state index in [0.29, 0.717) is 0 Å². The second-order valence-electron chi connectivity index (χ2n) is 5.19. The lowest BCUT2D eigenvalue weighted by Crippen LogP contribution is -2.26. The van der Waals surface area contributed by atoms with E-state index in [1.54, 1.807) is 24.3 Å². The zero-order valence-corrected chi connectivity index (χ0v) is 14.4. The largest absolute Gasteiger partial charge is 0.466 e. The number of benzene rings is 2. The molecule has 0 saturated heterocycles. The van der Waals surface area contributed by atoms with Gasteiger partial charge in [0.25, 0.3) is 10.0 Å². The van der Waals surface area contributed by atoms with E-state index in [4.69, 9.17) is 0 Å². The molecule has 126 valence electrons. The zero-order chi connectivity index (χ0) is 17.6. The summed E-state index contributed by atoms with van der Waals surface area (Å²) >= 11 is 0. The fourth-order valence-corrected chi connectivity index (χ4v) is 3.33. The van der Waals surface area contributed by atoms with Crippen molar-refractivity contribution in [1.82, 2.24) is 4.31 Å². The van der Waals surface area contributed by atoms with Gasteiger partial charge >= 0.3 is 5.97 Å². The first-order valence-electron chi connectivity index (χ1n) is 7.32. The molecule has 0 saturated carbocycles. The van der Waals surface area contributed by atoms with Crippen molar-refractivity contribution < 1.29 is 17.9 Å². The highest BCUT2D eigenvalue weighted by Gasteiger charge is 2.22. The van der Waals surface area contributed by atoms with Crippen LogP contribution in [0.15, 0.2) is 71.8 Å². The summed E-state index contributed by atoms with van der Waals surface area (Å²) in [5.41, 5.74) is 1.77. The second kappa shape index (κ2) is 7.79. The quantitative estimate of drug-likeness (QED) is 0.596. The lowest BCUT2D eigenvalue weighted by Gasteiger charge is -2.20. The molecule has 0 aliphatic heterocycles. The van der Waals surface area contributed by atoms with Crippen LogP contribution in [0.3, 0.4) is 0 Å². The SMILES string of the molecule is COC(=O)/C=C/N(Cc1ccccc1)S(=O)(=O)c1ccc(C)cc1. The van der Waals surface area contributed by atoms with Gasteiger partial charge in [0.1, 0.15) is 0 Å². The molecule has 2 aromatic carbocycles. The Balaban J connectivity index is 2.38. The Morgan fingerprint density at radius 3 is 2.29 bits per heavy atom. The molecule has 5 nitrogen and oxygen atoms in total. The molecule has 0 bridgehead atoms. The van der Waals surface area contributed by atoms with E-state index < -0.39 is 16.0 Å². The van der Waals surface area contributed by atoms with Gasteiger partial charge < -0.3 is 4.74 Å². The molecule has 0 unspecified atom stereocenters. The highest BCUT2D eigenvalue weighted by molar-refractivity contribution is 7.89. The Bertz CT molecular complexity index is 812. The van der Waals surface area contributed by atoms with Gasteiger partial charge in [0.15, 0.2) is 0 Å². The molecule has 0 spiro atoms. The van der Waals surface area contributed by atoms with Gasteiger partial charge in [-0.2, -0.15) is 0 Å². The third-order valence-electron chi connectivity index (χ3n) is 3.39. The first-order valence-corrected chi connectivity index (χ1v) is 8.76. The zero-order valence-electron chi connectivity index (χ0n) is 13.5. The van der Waals surface area contributed by atoms with Crippen LogP contribution in [0, 0.1) is 6.92 Å². The van der Waals surface area contributed by atoms with Crippen LogP contribution in [-0.2, 0) is 26.1 Å². The summed E-state index contributed by atoms with van der Waals surface area (Å²) < 4.78 is 31.4. The van der Waals surface area contributed by atoms with Crippen molar-refractivity contribution in [3.05, 3.63) is 78.0 Å². The Kier molecular flexibility index (Phi) is 5.76. The Hall–Kier alpha value is -2.60. The molecular formula is C18H19NO4S. The van der Waals surface area contributed by atoms with E-state index >= 15 is 0 Å². The predicted molar refractivity (Wildman–Crippen MR) is 91.5 cm³/mol. The van der Waals surface area contributed by atoms with E-state index in [0.717, 1.165) is 21.5 Å². The van der Waals surface area contributed by atoms with E-state index in [2.05, 4.69) is 4.74 Å². The molecule has 0 atom stereocenters. The van der Waals surface area contributed by atoms with Crippen LogP contribution < -0.4 is 0 Å². The van der Waals surface area contributed by atoms with Crippen LogP contribution in [0.4, 0.5) is 0 Å². The second-order valence-corrected chi connectivity index (χ2v) is 7.08. The molecule has 2 aromatic rings. The minimum Gasteiger partial charge on any atom is -0.466 e. The van der Waals surface area contributed by atoms with Gasteiger partial charge in [-0.3, -0.25) is 4.31 Å². The topological polar surface area (TPSA) is 63.7 Å². The van der Waals surface area contributed by atoms with Crippen molar-refractivity contribution in [3.8, 4) is 0 Å². The highest BCUT2D eigenvalue weighted by Crippen LogP contribution is 2.19. The maximum atomic E-state index is 12.9. The number of ether oxygens (including phenoxy) is 1. The normalized spacial score (nSPS) is 11.4. The van der Waals surface area contributed by atoms with Gasteiger partial charge in [0, 0.05) is 12.3 Å². The van der Waals surface area contributed by atoms with Gasteiger partial charge in [-0.05, 0) is 24.6 Å². The lowest BCUT2D eigenvalue weighted by molar-refractivity contribution is -0.134. The maximum absolute atomic E-state index is 12.9. The molecule has 0 amide bonds. The minimum atomic E-state index is -3.78. The molecular weight excluding hydrogens is 326 g/mol. The molecule has 0 aliphatic carbocycles. The van der Waals surface area contributed by atoms with Crippen LogP contribution in [0.2, 0.25) is 0 Å². The first kappa shape index (κ1) is 17.7. The number of esters is 1. The fraction of sp³-hybridized carbons (Fsp3) is 0.167. The molecule has 0 heterocycles. The van der Waals surface area contributed by atoms with Gasteiger partial charge in [0.05, 0.1) is 18.6 Å². The van der Waals surface area contributed by atoms with Crippen LogP contribution in [-0.4, -0.2) is 25.8 Å². The molecule has 0 N–H and O–H groups in total. The number of hydrogen-bond acceptors (Lipinski definition) is 4. The number of nitrogens with zero attached hydrogens (tertiary/aromatic N) is 1. The lowest BCUT2D eigenvalue weighted by atomic mass is 10.2. The number of hydrogen-bond donors (Lipinski definition) is 0. The summed E-state index contributed by atoms with van der Waals surface area (Å²) in [6.07, 6.45) is 2.32. The van der Waals surface area contributed by atoms with Crippen molar-refractivity contribution in [3.63, 3.8) is 0 Å². The summed E-state index contributed by atoms with van der Waals surface area (Å²) in [5, 5.41) is 0. The Labute approximate surface area is 142 Å². The van der Waals surface area contributed by atoms with Crippen LogP contribution in [0.25, 0.3) is 0 Å². The molecule has 6 heteroatoms. The third-order valence-corrected chi connectivity index (χ3v) is 5.12. The fourth-order valence-electron chi connectivity index (χ4n) is 2.04. The van der Waals surface area contributed by atoms with E-state index in [1.807, 2.05) is 37.3 Å². The smallest absolute Gasteiger partial charge is 0.331 e. The average Bonchev–Trinajstić information content (AvgIpc) is 2.59. The van der Waals surface area contributed by atoms with Crippen LogP contribution in [0.1, 0.15) is 11.1 Å². The molecule has 0 aliphatic rings. The average molecular weight is 345 g/mol. The number of carbonyl (C=O) groups is 1. The van der Waals surface area contributed by atoms with Crippen molar-refractivity contribution in [2.24, 2.45) is 0 Å². The summed E-state index contributed by atoms with van der Waals surface area (Å²) in [4.78, 5) is 11.5. The van der Waals surface area contributed by atoms with Crippen molar-refractivity contribution in [1.29, 1.82) is 0 Å². The molecule has 0 aromatic heterocycles. The number of methoxy groups -OCH3 is 1. The highest BCUT2D eigenvalue weighted by atomic mass is 32.2. The summed E-state index contributed by atoms with van der Waals surface area (Å²) in [7, 11) is -2.54. The first-order chi connectivity index (χ1) is 11.4. The number of aryl methyl sites for hydroxylation is 1. The standard InChI is InChI=1S/C18H19NO4S/c1-15-8-10-17(11-9-15)24(21,22)19(13-12-18(20)23-2)14-16-6-4-3-5-7-16/h3-13H,14H2,1-2H3/b13-12+. The Morgan fingerprint density at radius 1 is 1.08 bits per heavy atom. The van der Waals surface area contributed by atoms with E-state index in [9.17, 15) is 13.2 Å². The van der Waals surface area contributed by atoms with Gasteiger partial charge in [-0.15, -0.1) is 0 Å². The number of rotatable bonds is 6. The molecule has 0 fully saturated rings. The Morgan fingerprint density at radius 2 is 1.71 bits per heavy atom. The van der Waals surface area contributed by atoms with E-state index in [-0.39, 0.29) is 11.4 Å². The van der Waals surface area contributed by atoms with E-state index in [1.165, 1.54) is 13.3 Å². The maximum Gasteiger partial charge on any atom is 0.331 e.